The summed E-state index contributed by atoms with van der Waals surface area (Å²) in [5.74, 6) is 0.854. The van der Waals surface area contributed by atoms with Gasteiger partial charge in [-0.05, 0) is 36.1 Å². The van der Waals surface area contributed by atoms with Crippen molar-refractivity contribution in [3.05, 3.63) is 72.6 Å². The first-order valence-corrected chi connectivity index (χ1v) is 7.05. The van der Waals surface area contributed by atoms with E-state index in [1.807, 2.05) is 43.3 Å². The van der Waals surface area contributed by atoms with E-state index in [1.165, 1.54) is 0 Å². The molecule has 2 aromatic carbocycles. The summed E-state index contributed by atoms with van der Waals surface area (Å²) in [6.07, 6.45) is 3.33. The third-order valence-electron chi connectivity index (χ3n) is 3.52. The zero-order valence-corrected chi connectivity index (χ0v) is 11.9. The summed E-state index contributed by atoms with van der Waals surface area (Å²) < 4.78 is 6.22. The third kappa shape index (κ3) is 2.88. The van der Waals surface area contributed by atoms with Crippen LogP contribution in [-0.2, 0) is 0 Å². The van der Waals surface area contributed by atoms with Gasteiger partial charge in [-0.1, -0.05) is 36.4 Å². The zero-order chi connectivity index (χ0) is 14.7. The fraction of sp³-hybridized carbons (Fsp3) is 0.167. The van der Waals surface area contributed by atoms with E-state index >= 15 is 0 Å². The van der Waals surface area contributed by atoms with Gasteiger partial charge in [-0.3, -0.25) is 4.98 Å². The normalized spacial score (nSPS) is 13.8. The van der Waals surface area contributed by atoms with Crippen molar-refractivity contribution in [2.24, 2.45) is 5.73 Å². The molecule has 3 rings (SSSR count). The van der Waals surface area contributed by atoms with Crippen molar-refractivity contribution in [1.82, 2.24) is 4.98 Å². The minimum Gasteiger partial charge on any atom is -0.483 e. The van der Waals surface area contributed by atoms with Gasteiger partial charge in [0, 0.05) is 23.8 Å². The standard InChI is InChI=1S/C18H18N2O/c1-13(19)18(15-9-11-20-12-10-15)21-17-8-4-6-14-5-2-3-7-16(14)17/h2-13,18H,19H2,1H3. The molecule has 3 heteroatoms. The molecule has 2 N–H and O–H groups in total. The smallest absolute Gasteiger partial charge is 0.139 e. The van der Waals surface area contributed by atoms with Crippen LogP contribution in [0.2, 0.25) is 0 Å². The number of hydrogen-bond acceptors (Lipinski definition) is 3. The van der Waals surface area contributed by atoms with Crippen molar-refractivity contribution in [2.45, 2.75) is 19.1 Å². The summed E-state index contributed by atoms with van der Waals surface area (Å²) in [6, 6.07) is 18.0. The molecule has 3 nitrogen and oxygen atoms in total. The molecule has 0 saturated heterocycles. The average molecular weight is 278 g/mol. The number of nitrogens with two attached hydrogens (primary N) is 1. The van der Waals surface area contributed by atoms with Gasteiger partial charge in [0.05, 0.1) is 0 Å². The number of aromatic nitrogens is 1. The van der Waals surface area contributed by atoms with Crippen LogP contribution in [0.25, 0.3) is 10.8 Å². The lowest BCUT2D eigenvalue weighted by molar-refractivity contribution is 0.183. The van der Waals surface area contributed by atoms with Crippen molar-refractivity contribution < 1.29 is 4.74 Å². The van der Waals surface area contributed by atoms with Crippen LogP contribution < -0.4 is 10.5 Å². The Balaban J connectivity index is 1.99. The lowest BCUT2D eigenvalue weighted by atomic mass is 10.0. The van der Waals surface area contributed by atoms with E-state index in [9.17, 15) is 0 Å². The molecule has 2 unspecified atom stereocenters. The van der Waals surface area contributed by atoms with Gasteiger partial charge < -0.3 is 10.5 Å². The summed E-state index contributed by atoms with van der Waals surface area (Å²) >= 11 is 0. The second-order valence-electron chi connectivity index (χ2n) is 5.16. The SMILES string of the molecule is CC(N)C(Oc1cccc2ccccc12)c1ccncc1. The lowest BCUT2D eigenvalue weighted by Crippen LogP contribution is -2.29. The first kappa shape index (κ1) is 13.6. The molecule has 1 heterocycles. The minimum absolute atomic E-state index is 0.119. The maximum Gasteiger partial charge on any atom is 0.139 e. The number of pyridine rings is 1. The Labute approximate surface area is 124 Å². The molecule has 0 aliphatic heterocycles. The second-order valence-corrected chi connectivity index (χ2v) is 5.16. The molecule has 21 heavy (non-hydrogen) atoms. The Kier molecular flexibility index (Phi) is 3.84. The van der Waals surface area contributed by atoms with Crippen LogP contribution in [0.3, 0.4) is 0 Å². The van der Waals surface area contributed by atoms with Crippen LogP contribution in [0.1, 0.15) is 18.6 Å². The summed E-state index contributed by atoms with van der Waals surface area (Å²) in [5, 5.41) is 2.26. The van der Waals surface area contributed by atoms with E-state index in [-0.39, 0.29) is 12.1 Å². The molecular weight excluding hydrogens is 260 g/mol. The van der Waals surface area contributed by atoms with Gasteiger partial charge in [0.15, 0.2) is 0 Å². The van der Waals surface area contributed by atoms with Crippen LogP contribution in [0.15, 0.2) is 67.0 Å². The van der Waals surface area contributed by atoms with Crippen LogP contribution in [0, 0.1) is 0 Å². The molecule has 0 aliphatic rings. The molecule has 0 fully saturated rings. The first-order chi connectivity index (χ1) is 10.3. The highest BCUT2D eigenvalue weighted by Gasteiger charge is 2.19. The van der Waals surface area contributed by atoms with E-state index < -0.39 is 0 Å². The van der Waals surface area contributed by atoms with Gasteiger partial charge in [0.1, 0.15) is 11.9 Å². The maximum absolute atomic E-state index is 6.22. The highest BCUT2D eigenvalue weighted by molar-refractivity contribution is 5.88. The molecule has 0 saturated carbocycles. The molecule has 0 radical (unpaired) electrons. The number of benzene rings is 2. The number of fused-ring (bicyclic) bond motifs is 1. The first-order valence-electron chi connectivity index (χ1n) is 7.05. The summed E-state index contributed by atoms with van der Waals surface area (Å²) in [4.78, 5) is 4.05. The Bertz CT molecular complexity index is 720. The molecule has 106 valence electrons. The van der Waals surface area contributed by atoms with Crippen molar-refractivity contribution >= 4 is 10.8 Å². The van der Waals surface area contributed by atoms with Gasteiger partial charge >= 0.3 is 0 Å². The zero-order valence-electron chi connectivity index (χ0n) is 11.9. The highest BCUT2D eigenvalue weighted by atomic mass is 16.5. The number of ether oxygens (including phenoxy) is 1. The lowest BCUT2D eigenvalue weighted by Gasteiger charge is -2.23. The van der Waals surface area contributed by atoms with Crippen LogP contribution in [-0.4, -0.2) is 11.0 Å². The second kappa shape index (κ2) is 5.94. The summed E-state index contributed by atoms with van der Waals surface area (Å²) in [6.45, 7) is 1.95. The molecular formula is C18H18N2O. The van der Waals surface area contributed by atoms with Crippen LogP contribution >= 0.6 is 0 Å². The Morgan fingerprint density at radius 2 is 1.67 bits per heavy atom. The van der Waals surface area contributed by atoms with Gasteiger partial charge in [0.25, 0.3) is 0 Å². The van der Waals surface area contributed by atoms with Crippen LogP contribution in [0.5, 0.6) is 5.75 Å². The quantitative estimate of drug-likeness (QED) is 0.791. The van der Waals surface area contributed by atoms with Crippen molar-refractivity contribution in [2.75, 3.05) is 0 Å². The number of rotatable bonds is 4. The monoisotopic (exact) mass is 278 g/mol. The Morgan fingerprint density at radius 3 is 2.43 bits per heavy atom. The molecule has 0 spiro atoms. The largest absolute Gasteiger partial charge is 0.483 e. The van der Waals surface area contributed by atoms with E-state index in [2.05, 4.69) is 23.2 Å². The highest BCUT2D eigenvalue weighted by Crippen LogP contribution is 2.30. The van der Waals surface area contributed by atoms with Gasteiger partial charge in [-0.25, -0.2) is 0 Å². The number of nitrogens with zero attached hydrogens (tertiary/aromatic N) is 1. The fourth-order valence-corrected chi connectivity index (χ4v) is 2.47. The Hall–Kier alpha value is -2.39. The summed E-state index contributed by atoms with van der Waals surface area (Å²) in [7, 11) is 0. The molecule has 0 amide bonds. The third-order valence-corrected chi connectivity index (χ3v) is 3.52. The van der Waals surface area contributed by atoms with E-state index in [1.54, 1.807) is 12.4 Å². The molecule has 0 aliphatic carbocycles. The van der Waals surface area contributed by atoms with Gasteiger partial charge in [-0.15, -0.1) is 0 Å². The molecule has 0 bridgehead atoms. The topological polar surface area (TPSA) is 48.1 Å². The predicted octanol–water partition coefficient (Wildman–Crippen LogP) is 3.70. The van der Waals surface area contributed by atoms with E-state index in [4.69, 9.17) is 10.5 Å². The predicted molar refractivity (Wildman–Crippen MR) is 85.2 cm³/mol. The summed E-state index contributed by atoms with van der Waals surface area (Å²) in [5.41, 5.74) is 7.15. The van der Waals surface area contributed by atoms with Crippen molar-refractivity contribution in [3.63, 3.8) is 0 Å². The fourth-order valence-electron chi connectivity index (χ4n) is 2.47. The average Bonchev–Trinajstić information content (AvgIpc) is 2.53. The van der Waals surface area contributed by atoms with Crippen LogP contribution in [0.4, 0.5) is 0 Å². The number of hydrogen-bond donors (Lipinski definition) is 1. The van der Waals surface area contributed by atoms with Crippen molar-refractivity contribution in [1.29, 1.82) is 0 Å². The maximum atomic E-state index is 6.22. The Morgan fingerprint density at radius 1 is 0.952 bits per heavy atom. The molecule has 1 aromatic heterocycles. The van der Waals surface area contributed by atoms with Crippen molar-refractivity contribution in [3.8, 4) is 5.75 Å². The van der Waals surface area contributed by atoms with Gasteiger partial charge in [-0.2, -0.15) is 0 Å². The van der Waals surface area contributed by atoms with Gasteiger partial charge in [0.2, 0.25) is 0 Å². The van der Waals surface area contributed by atoms with E-state index in [0.29, 0.717) is 0 Å². The molecule has 2 atom stereocenters. The van der Waals surface area contributed by atoms with E-state index in [0.717, 1.165) is 22.1 Å². The minimum atomic E-state index is -0.196. The molecule has 3 aromatic rings.